The number of esters is 1. The van der Waals surface area contributed by atoms with E-state index < -0.39 is 15.8 Å². The number of rotatable bonds is 6. The third kappa shape index (κ3) is 4.15. The number of hydrogen-bond donors (Lipinski definition) is 1. The van der Waals surface area contributed by atoms with Crippen molar-refractivity contribution in [3.8, 4) is 0 Å². The maximum atomic E-state index is 12.8. The number of ether oxygens (including phenoxy) is 1. The Hall–Kier alpha value is -2.91. The monoisotopic (exact) mass is 421 g/mol. The van der Waals surface area contributed by atoms with Gasteiger partial charge in [-0.2, -0.15) is 0 Å². The number of aryl methyl sites for hydroxylation is 1. The lowest BCUT2D eigenvalue weighted by Crippen LogP contribution is -2.04. The molecule has 0 radical (unpaired) electrons. The van der Waals surface area contributed by atoms with Crippen LogP contribution in [0.3, 0.4) is 0 Å². The van der Waals surface area contributed by atoms with E-state index in [0.717, 1.165) is 0 Å². The van der Waals surface area contributed by atoms with Crippen molar-refractivity contribution in [3.63, 3.8) is 0 Å². The van der Waals surface area contributed by atoms with Crippen LogP contribution >= 0.6 is 11.6 Å². The predicted octanol–water partition coefficient (Wildman–Crippen LogP) is 3.78. The van der Waals surface area contributed by atoms with E-state index in [1.807, 2.05) is 0 Å². The number of hydrogen-bond acceptors (Lipinski definition) is 8. The predicted molar refractivity (Wildman–Crippen MR) is 102 cm³/mol. The third-order valence-electron chi connectivity index (χ3n) is 3.73. The summed E-state index contributed by atoms with van der Waals surface area (Å²) in [6.45, 7) is 3.59. The van der Waals surface area contributed by atoms with Gasteiger partial charge < -0.3 is 14.5 Å². The van der Waals surface area contributed by atoms with Gasteiger partial charge in [0.1, 0.15) is 0 Å². The van der Waals surface area contributed by atoms with Gasteiger partial charge in [0, 0.05) is 10.7 Å². The summed E-state index contributed by atoms with van der Waals surface area (Å²) >= 11 is 5.96. The fourth-order valence-electron chi connectivity index (χ4n) is 2.31. The number of benzene rings is 2. The fourth-order valence-corrected chi connectivity index (χ4v) is 3.77. The van der Waals surface area contributed by atoms with Crippen molar-refractivity contribution in [2.75, 3.05) is 11.9 Å². The van der Waals surface area contributed by atoms with Crippen molar-refractivity contribution in [2.45, 2.75) is 23.6 Å². The lowest BCUT2D eigenvalue weighted by Gasteiger charge is -2.08. The fraction of sp³-hybridized carbons (Fsp3) is 0.167. The molecule has 0 aliphatic heterocycles. The molecule has 2 aromatic carbocycles. The molecule has 0 spiro atoms. The number of carbonyl (C=O) groups excluding carboxylic acids is 1. The van der Waals surface area contributed by atoms with Crippen LogP contribution in [0.5, 0.6) is 0 Å². The molecule has 0 fully saturated rings. The summed E-state index contributed by atoms with van der Waals surface area (Å²) in [4.78, 5) is 11.8. The molecule has 0 unspecified atom stereocenters. The Morgan fingerprint density at radius 2 is 1.82 bits per heavy atom. The molecular formula is C18H16ClN3O5S. The van der Waals surface area contributed by atoms with Crippen LogP contribution < -0.4 is 5.32 Å². The summed E-state index contributed by atoms with van der Waals surface area (Å²) in [6.07, 6.45) is 0. The molecule has 0 saturated carbocycles. The highest BCUT2D eigenvalue weighted by molar-refractivity contribution is 7.91. The molecular weight excluding hydrogens is 406 g/mol. The molecule has 1 heterocycles. The lowest BCUT2D eigenvalue weighted by atomic mass is 10.2. The van der Waals surface area contributed by atoms with Gasteiger partial charge in [-0.3, -0.25) is 0 Å². The van der Waals surface area contributed by atoms with Gasteiger partial charge in [0.15, 0.2) is 0 Å². The average molecular weight is 422 g/mol. The maximum Gasteiger partial charge on any atom is 0.396 e. The number of anilines is 2. The SMILES string of the molecule is CCOC(=O)c1nnc(Nc2ccc(S(=O)(=O)c3ccc(Cl)c(C)c3)cc2)o1. The van der Waals surface area contributed by atoms with E-state index >= 15 is 0 Å². The highest BCUT2D eigenvalue weighted by atomic mass is 35.5. The van der Waals surface area contributed by atoms with Gasteiger partial charge in [-0.25, -0.2) is 13.2 Å². The molecule has 1 N–H and O–H groups in total. The third-order valence-corrected chi connectivity index (χ3v) is 5.92. The van der Waals surface area contributed by atoms with Crippen molar-refractivity contribution >= 4 is 39.1 Å². The van der Waals surface area contributed by atoms with E-state index in [1.54, 1.807) is 32.0 Å². The number of aromatic nitrogens is 2. The van der Waals surface area contributed by atoms with Crippen LogP contribution in [-0.4, -0.2) is 31.2 Å². The van der Waals surface area contributed by atoms with Crippen LogP contribution in [0.2, 0.25) is 5.02 Å². The van der Waals surface area contributed by atoms with Crippen LogP contribution in [0.1, 0.15) is 23.2 Å². The Balaban J connectivity index is 1.78. The summed E-state index contributed by atoms with van der Waals surface area (Å²) < 4.78 is 35.4. The Bertz CT molecular complexity index is 1110. The van der Waals surface area contributed by atoms with E-state index in [1.165, 1.54) is 24.3 Å². The van der Waals surface area contributed by atoms with E-state index in [4.69, 9.17) is 20.8 Å². The molecule has 10 heteroatoms. The molecule has 1 aromatic heterocycles. The van der Waals surface area contributed by atoms with Crippen molar-refractivity contribution in [1.29, 1.82) is 0 Å². The number of sulfone groups is 1. The highest BCUT2D eigenvalue weighted by Crippen LogP contribution is 2.26. The summed E-state index contributed by atoms with van der Waals surface area (Å²) in [5.41, 5.74) is 1.18. The molecule has 28 heavy (non-hydrogen) atoms. The zero-order valence-corrected chi connectivity index (χ0v) is 16.5. The normalized spacial score (nSPS) is 11.2. The molecule has 0 saturated heterocycles. The smallest absolute Gasteiger partial charge is 0.396 e. The summed E-state index contributed by atoms with van der Waals surface area (Å²) in [5, 5.41) is 10.6. The second-order valence-electron chi connectivity index (χ2n) is 5.70. The molecule has 3 aromatic rings. The van der Waals surface area contributed by atoms with Crippen molar-refractivity contribution in [2.24, 2.45) is 0 Å². The van der Waals surface area contributed by atoms with Gasteiger partial charge >= 0.3 is 17.9 Å². The highest BCUT2D eigenvalue weighted by Gasteiger charge is 2.19. The van der Waals surface area contributed by atoms with E-state index in [0.29, 0.717) is 16.3 Å². The first-order chi connectivity index (χ1) is 13.3. The number of carbonyl (C=O) groups is 1. The molecule has 8 nitrogen and oxygen atoms in total. The largest absolute Gasteiger partial charge is 0.459 e. The van der Waals surface area contributed by atoms with E-state index in [9.17, 15) is 13.2 Å². The summed E-state index contributed by atoms with van der Waals surface area (Å²) in [7, 11) is -3.68. The van der Waals surface area contributed by atoms with Gasteiger partial charge in [0.25, 0.3) is 0 Å². The van der Waals surface area contributed by atoms with Crippen LogP contribution in [0, 0.1) is 6.92 Å². The Morgan fingerprint density at radius 3 is 2.46 bits per heavy atom. The van der Waals surface area contributed by atoms with Crippen LogP contribution in [-0.2, 0) is 14.6 Å². The Labute approximate surface area is 166 Å². The number of nitrogens with zero attached hydrogens (tertiary/aromatic N) is 2. The minimum atomic E-state index is -3.68. The first kappa shape index (κ1) is 19.8. The minimum Gasteiger partial charge on any atom is -0.459 e. The summed E-state index contributed by atoms with van der Waals surface area (Å²) in [5.74, 6) is -0.996. The standard InChI is InChI=1S/C18H16ClN3O5S/c1-3-26-17(23)16-21-22-18(27-16)20-12-4-6-13(7-5-12)28(24,25)14-8-9-15(19)11(2)10-14/h4-10H,3H2,1-2H3,(H,20,22). The molecule has 0 bridgehead atoms. The Morgan fingerprint density at radius 1 is 1.14 bits per heavy atom. The molecule has 0 aliphatic carbocycles. The molecule has 0 aliphatic rings. The lowest BCUT2D eigenvalue weighted by molar-refractivity contribution is 0.0481. The van der Waals surface area contributed by atoms with E-state index in [-0.39, 0.29) is 28.3 Å². The number of halogens is 1. The molecule has 146 valence electrons. The van der Waals surface area contributed by atoms with Crippen LogP contribution in [0.25, 0.3) is 0 Å². The average Bonchev–Trinajstić information content (AvgIpc) is 3.13. The second kappa shape index (κ2) is 7.99. The zero-order valence-electron chi connectivity index (χ0n) is 15.0. The summed E-state index contributed by atoms with van der Waals surface area (Å²) in [6, 6.07) is 10.5. The first-order valence-electron chi connectivity index (χ1n) is 8.20. The van der Waals surface area contributed by atoms with E-state index in [2.05, 4.69) is 15.5 Å². The van der Waals surface area contributed by atoms with Crippen LogP contribution in [0.15, 0.2) is 56.7 Å². The van der Waals surface area contributed by atoms with Gasteiger partial charge in [-0.15, -0.1) is 0 Å². The quantitative estimate of drug-likeness (QED) is 0.598. The van der Waals surface area contributed by atoms with Gasteiger partial charge in [0.05, 0.1) is 16.4 Å². The maximum absolute atomic E-state index is 12.8. The second-order valence-corrected chi connectivity index (χ2v) is 8.05. The van der Waals surface area contributed by atoms with Crippen molar-refractivity contribution < 1.29 is 22.4 Å². The topological polar surface area (TPSA) is 111 Å². The van der Waals surface area contributed by atoms with Gasteiger partial charge in [-0.1, -0.05) is 21.8 Å². The van der Waals surface area contributed by atoms with Crippen molar-refractivity contribution in [3.05, 3.63) is 58.9 Å². The van der Waals surface area contributed by atoms with Crippen molar-refractivity contribution in [1.82, 2.24) is 10.2 Å². The Kier molecular flexibility index (Phi) is 5.66. The number of nitrogens with one attached hydrogen (secondary N) is 1. The first-order valence-corrected chi connectivity index (χ1v) is 10.1. The van der Waals surface area contributed by atoms with Crippen LogP contribution in [0.4, 0.5) is 11.7 Å². The van der Waals surface area contributed by atoms with Gasteiger partial charge in [-0.05, 0) is 61.9 Å². The van der Waals surface area contributed by atoms with Gasteiger partial charge in [0.2, 0.25) is 9.84 Å². The minimum absolute atomic E-state index is 0.0213. The zero-order chi connectivity index (χ0) is 20.3. The molecule has 0 amide bonds. The molecule has 3 rings (SSSR count). The molecule has 0 atom stereocenters.